The van der Waals surface area contributed by atoms with Crippen molar-refractivity contribution in [3.63, 3.8) is 0 Å². The lowest BCUT2D eigenvalue weighted by Gasteiger charge is -2.37. The number of benzene rings is 1. The molecule has 1 aromatic carbocycles. The Morgan fingerprint density at radius 3 is 2.27 bits per heavy atom. The molecule has 0 aliphatic carbocycles. The molecule has 0 N–H and O–H groups in total. The second-order valence-electron chi connectivity index (χ2n) is 9.11. The highest BCUT2D eigenvalue weighted by molar-refractivity contribution is 6.74. The maximum atomic E-state index is 6.37. The SMILES string of the molecule is CC1(C)O[C@H](CCOCc2ccccc2)[C@@H](CO[Si](C)(C)C(C)(C)C)O1. The zero-order valence-electron chi connectivity index (χ0n) is 17.5. The number of rotatable bonds is 8. The van der Waals surface area contributed by atoms with E-state index in [0.29, 0.717) is 19.8 Å². The van der Waals surface area contributed by atoms with E-state index in [1.54, 1.807) is 0 Å². The van der Waals surface area contributed by atoms with Gasteiger partial charge in [-0.25, -0.2) is 0 Å². The number of hydrogen-bond donors (Lipinski definition) is 0. The Morgan fingerprint density at radius 2 is 1.65 bits per heavy atom. The first-order valence-electron chi connectivity index (χ1n) is 9.61. The minimum absolute atomic E-state index is 0.00513. The molecule has 1 aromatic rings. The largest absolute Gasteiger partial charge is 0.414 e. The molecule has 2 atom stereocenters. The predicted molar refractivity (Wildman–Crippen MR) is 108 cm³/mol. The van der Waals surface area contributed by atoms with Crippen molar-refractivity contribution in [3.8, 4) is 0 Å². The summed E-state index contributed by atoms with van der Waals surface area (Å²) in [6.07, 6.45) is 0.770. The van der Waals surface area contributed by atoms with Gasteiger partial charge in [0.15, 0.2) is 14.1 Å². The summed E-state index contributed by atoms with van der Waals surface area (Å²) in [6, 6.07) is 10.2. The first kappa shape index (κ1) is 21.6. The van der Waals surface area contributed by atoms with E-state index >= 15 is 0 Å². The average Bonchev–Trinajstić information content (AvgIpc) is 2.84. The monoisotopic (exact) mass is 380 g/mol. The topological polar surface area (TPSA) is 36.9 Å². The van der Waals surface area contributed by atoms with Crippen molar-refractivity contribution in [1.29, 1.82) is 0 Å². The van der Waals surface area contributed by atoms with Gasteiger partial charge in [-0.3, -0.25) is 0 Å². The van der Waals surface area contributed by atoms with Crippen molar-refractivity contribution in [3.05, 3.63) is 35.9 Å². The summed E-state index contributed by atoms with van der Waals surface area (Å²) in [5.41, 5.74) is 1.19. The van der Waals surface area contributed by atoms with Crippen LogP contribution < -0.4 is 0 Å². The molecule has 1 aliphatic rings. The lowest BCUT2D eigenvalue weighted by atomic mass is 10.1. The van der Waals surface area contributed by atoms with Gasteiger partial charge in [-0.05, 0) is 44.0 Å². The molecule has 26 heavy (non-hydrogen) atoms. The first-order chi connectivity index (χ1) is 12.0. The van der Waals surface area contributed by atoms with Gasteiger partial charge in [-0.15, -0.1) is 0 Å². The highest BCUT2D eigenvalue weighted by Gasteiger charge is 2.43. The van der Waals surface area contributed by atoms with E-state index in [9.17, 15) is 0 Å². The van der Waals surface area contributed by atoms with Crippen LogP contribution in [0.4, 0.5) is 0 Å². The maximum Gasteiger partial charge on any atom is 0.192 e. The summed E-state index contributed by atoms with van der Waals surface area (Å²) in [5, 5.41) is 0.191. The van der Waals surface area contributed by atoms with Gasteiger partial charge in [-0.2, -0.15) is 0 Å². The third-order valence-electron chi connectivity index (χ3n) is 5.36. The lowest BCUT2D eigenvalue weighted by Crippen LogP contribution is -2.44. The van der Waals surface area contributed by atoms with Gasteiger partial charge >= 0.3 is 0 Å². The van der Waals surface area contributed by atoms with Crippen molar-refractivity contribution in [1.82, 2.24) is 0 Å². The summed E-state index contributed by atoms with van der Waals surface area (Å²) in [5.74, 6) is -0.564. The zero-order valence-corrected chi connectivity index (χ0v) is 18.5. The molecule has 148 valence electrons. The van der Waals surface area contributed by atoms with Crippen molar-refractivity contribution in [2.45, 2.75) is 83.8 Å². The molecule has 4 nitrogen and oxygen atoms in total. The fourth-order valence-electron chi connectivity index (χ4n) is 2.77. The number of hydrogen-bond acceptors (Lipinski definition) is 4. The molecule has 0 saturated carbocycles. The lowest BCUT2D eigenvalue weighted by molar-refractivity contribution is -0.149. The molecule has 0 bridgehead atoms. The molecule has 5 heteroatoms. The second kappa shape index (κ2) is 8.53. The van der Waals surface area contributed by atoms with Gasteiger partial charge in [0.25, 0.3) is 0 Å². The van der Waals surface area contributed by atoms with Crippen LogP contribution >= 0.6 is 0 Å². The molecule has 0 amide bonds. The Balaban J connectivity index is 1.83. The highest BCUT2D eigenvalue weighted by Crippen LogP contribution is 2.38. The van der Waals surface area contributed by atoms with E-state index in [0.717, 1.165) is 6.42 Å². The molecule has 0 radical (unpaired) electrons. The van der Waals surface area contributed by atoms with Crippen LogP contribution in [0.2, 0.25) is 18.1 Å². The molecule has 0 spiro atoms. The molecule has 1 saturated heterocycles. The molecular formula is C21H36O4Si. The van der Waals surface area contributed by atoms with Crippen LogP contribution in [0.1, 0.15) is 46.6 Å². The van der Waals surface area contributed by atoms with Crippen LogP contribution in [0.25, 0.3) is 0 Å². The number of ether oxygens (including phenoxy) is 3. The Morgan fingerprint density at radius 1 is 1.04 bits per heavy atom. The van der Waals surface area contributed by atoms with Crippen molar-refractivity contribution >= 4 is 8.32 Å². The quantitative estimate of drug-likeness (QED) is 0.462. The smallest absolute Gasteiger partial charge is 0.192 e. The summed E-state index contributed by atoms with van der Waals surface area (Å²) in [7, 11) is -1.80. The molecule has 1 fully saturated rings. The molecule has 2 rings (SSSR count). The molecular weight excluding hydrogens is 344 g/mol. The van der Waals surface area contributed by atoms with Crippen molar-refractivity contribution < 1.29 is 18.6 Å². The third kappa shape index (κ3) is 6.17. The Kier molecular flexibility index (Phi) is 7.08. The minimum atomic E-state index is -1.80. The van der Waals surface area contributed by atoms with Crippen LogP contribution in [0.15, 0.2) is 30.3 Å². The highest BCUT2D eigenvalue weighted by atomic mass is 28.4. The van der Waals surface area contributed by atoms with E-state index in [-0.39, 0.29) is 17.2 Å². The van der Waals surface area contributed by atoms with Crippen LogP contribution in [-0.4, -0.2) is 39.5 Å². The zero-order chi connectivity index (χ0) is 19.4. The standard InChI is InChI=1S/C21H36O4Si/c1-20(2,3)26(6,7)23-16-19-18(24-21(4,5)25-19)13-14-22-15-17-11-9-8-10-12-17/h8-12,18-19H,13-16H2,1-7H3/t18-,19-/m1/s1. The van der Waals surface area contributed by atoms with Gasteiger partial charge < -0.3 is 18.6 Å². The normalized spacial score (nSPS) is 23.3. The van der Waals surface area contributed by atoms with Crippen LogP contribution in [0, 0.1) is 0 Å². The van der Waals surface area contributed by atoms with E-state index in [1.807, 2.05) is 32.0 Å². The molecule has 0 unspecified atom stereocenters. The molecule has 0 aromatic heterocycles. The van der Waals surface area contributed by atoms with Gasteiger partial charge in [0.1, 0.15) is 6.10 Å². The predicted octanol–water partition coefficient (Wildman–Crippen LogP) is 5.14. The third-order valence-corrected chi connectivity index (χ3v) is 9.86. The van der Waals surface area contributed by atoms with Crippen LogP contribution in [0.3, 0.4) is 0 Å². The van der Waals surface area contributed by atoms with E-state index in [1.165, 1.54) is 5.56 Å². The van der Waals surface area contributed by atoms with E-state index in [2.05, 4.69) is 46.0 Å². The molecule has 1 aliphatic heterocycles. The van der Waals surface area contributed by atoms with Gasteiger partial charge in [-0.1, -0.05) is 51.1 Å². The maximum absolute atomic E-state index is 6.37. The van der Waals surface area contributed by atoms with Gasteiger partial charge in [0, 0.05) is 6.61 Å². The Bertz CT molecular complexity index is 551. The van der Waals surface area contributed by atoms with E-state index in [4.69, 9.17) is 18.6 Å². The summed E-state index contributed by atoms with van der Waals surface area (Å²) in [6.45, 7) is 17.1. The average molecular weight is 381 g/mol. The fraction of sp³-hybridized carbons (Fsp3) is 0.714. The first-order valence-corrected chi connectivity index (χ1v) is 12.5. The van der Waals surface area contributed by atoms with Crippen molar-refractivity contribution in [2.24, 2.45) is 0 Å². The van der Waals surface area contributed by atoms with Gasteiger partial charge in [0.2, 0.25) is 0 Å². The van der Waals surface area contributed by atoms with Crippen LogP contribution in [0.5, 0.6) is 0 Å². The Labute approximate surface area is 160 Å². The second-order valence-corrected chi connectivity index (χ2v) is 13.9. The fourth-order valence-corrected chi connectivity index (χ4v) is 3.78. The van der Waals surface area contributed by atoms with Gasteiger partial charge in [0.05, 0.1) is 19.3 Å². The summed E-state index contributed by atoms with van der Waals surface area (Å²) >= 11 is 0. The summed E-state index contributed by atoms with van der Waals surface area (Å²) in [4.78, 5) is 0. The minimum Gasteiger partial charge on any atom is -0.414 e. The van der Waals surface area contributed by atoms with E-state index < -0.39 is 14.1 Å². The van der Waals surface area contributed by atoms with Crippen molar-refractivity contribution in [2.75, 3.05) is 13.2 Å². The molecule has 1 heterocycles. The van der Waals surface area contributed by atoms with Crippen LogP contribution in [-0.2, 0) is 25.2 Å². The summed E-state index contributed by atoms with van der Waals surface area (Å²) < 4.78 is 24.4. The Hall–Kier alpha value is -0.723.